The van der Waals surface area contributed by atoms with E-state index < -0.39 is 0 Å². The molecule has 1 saturated carbocycles. The number of aromatic nitrogens is 2. The molecule has 2 atom stereocenters. The van der Waals surface area contributed by atoms with E-state index in [0.717, 1.165) is 17.7 Å². The molecule has 1 heterocycles. The van der Waals surface area contributed by atoms with Gasteiger partial charge >= 0.3 is 0 Å². The molecule has 0 bridgehead atoms. The van der Waals surface area contributed by atoms with E-state index in [0.29, 0.717) is 11.2 Å². The first-order chi connectivity index (χ1) is 7.15. The van der Waals surface area contributed by atoms with Crippen molar-refractivity contribution in [1.82, 2.24) is 9.97 Å². The molecule has 1 N–H and O–H groups in total. The van der Waals surface area contributed by atoms with Crippen molar-refractivity contribution in [3.63, 3.8) is 0 Å². The van der Waals surface area contributed by atoms with Crippen LogP contribution in [0.4, 0.5) is 5.82 Å². The molecule has 15 heavy (non-hydrogen) atoms. The Morgan fingerprint density at radius 3 is 2.87 bits per heavy atom. The second-order valence-electron chi connectivity index (χ2n) is 4.60. The summed E-state index contributed by atoms with van der Waals surface area (Å²) in [7, 11) is 0. The van der Waals surface area contributed by atoms with Crippen LogP contribution in [0.5, 0.6) is 0 Å². The molecule has 82 valence electrons. The highest BCUT2D eigenvalue weighted by Crippen LogP contribution is 2.38. The maximum Gasteiger partial charge on any atom is 0.147 e. The lowest BCUT2D eigenvalue weighted by atomic mass is 10.1. The smallest absolute Gasteiger partial charge is 0.147 e. The Morgan fingerprint density at radius 2 is 2.27 bits per heavy atom. The summed E-state index contributed by atoms with van der Waals surface area (Å²) in [5.41, 5.74) is 0. The van der Waals surface area contributed by atoms with E-state index in [9.17, 15) is 0 Å². The molecule has 0 aromatic carbocycles. The largest absolute Gasteiger partial charge is 0.366 e. The molecule has 1 aliphatic rings. The van der Waals surface area contributed by atoms with Crippen molar-refractivity contribution in [3.05, 3.63) is 17.5 Å². The summed E-state index contributed by atoms with van der Waals surface area (Å²) < 4.78 is 0. The van der Waals surface area contributed by atoms with Crippen LogP contribution < -0.4 is 5.32 Å². The normalized spacial score (nSPS) is 24.3. The topological polar surface area (TPSA) is 37.8 Å². The summed E-state index contributed by atoms with van der Waals surface area (Å²) in [5.74, 6) is 2.41. The minimum Gasteiger partial charge on any atom is -0.366 e. The highest BCUT2D eigenvalue weighted by molar-refractivity contribution is 6.29. The second kappa shape index (κ2) is 4.35. The Bertz CT molecular complexity index is 323. The number of halogens is 1. The summed E-state index contributed by atoms with van der Waals surface area (Å²) in [6.45, 7) is 4.52. The van der Waals surface area contributed by atoms with Crippen molar-refractivity contribution in [2.75, 3.05) is 5.32 Å². The van der Waals surface area contributed by atoms with E-state index >= 15 is 0 Å². The van der Waals surface area contributed by atoms with Crippen molar-refractivity contribution < 1.29 is 0 Å². The predicted molar refractivity (Wildman–Crippen MR) is 62.0 cm³/mol. The molecular formula is C11H16ClN3. The van der Waals surface area contributed by atoms with Crippen LogP contribution in [0.1, 0.15) is 26.7 Å². The van der Waals surface area contributed by atoms with E-state index in [1.54, 1.807) is 12.4 Å². The molecule has 0 aliphatic heterocycles. The molecule has 0 amide bonds. The van der Waals surface area contributed by atoms with E-state index in [1.807, 2.05) is 0 Å². The van der Waals surface area contributed by atoms with Gasteiger partial charge in [-0.25, -0.2) is 9.97 Å². The van der Waals surface area contributed by atoms with Crippen molar-refractivity contribution in [3.8, 4) is 0 Å². The maximum atomic E-state index is 5.66. The van der Waals surface area contributed by atoms with Crippen LogP contribution >= 0.6 is 11.6 Å². The van der Waals surface area contributed by atoms with Gasteiger partial charge in [-0.2, -0.15) is 0 Å². The molecule has 1 aromatic heterocycles. The van der Waals surface area contributed by atoms with Crippen LogP contribution in [0.3, 0.4) is 0 Å². The standard InChI is InChI=1S/C11H16ClN3/c1-7(2)3-8-4-9(8)15-11-6-13-10(12)5-14-11/h5-9H,3-4H2,1-2H3,(H,14,15). The molecule has 1 aromatic rings. The summed E-state index contributed by atoms with van der Waals surface area (Å²) >= 11 is 5.66. The molecule has 2 rings (SSSR count). The first-order valence-corrected chi connectivity index (χ1v) is 5.77. The molecule has 2 unspecified atom stereocenters. The zero-order valence-corrected chi connectivity index (χ0v) is 9.83. The Morgan fingerprint density at radius 1 is 1.47 bits per heavy atom. The van der Waals surface area contributed by atoms with Gasteiger partial charge in [-0.1, -0.05) is 25.4 Å². The molecule has 0 spiro atoms. The molecule has 1 aliphatic carbocycles. The average Bonchev–Trinajstić information content (AvgIpc) is 2.87. The lowest BCUT2D eigenvalue weighted by Gasteiger charge is -2.05. The van der Waals surface area contributed by atoms with Gasteiger partial charge in [0.25, 0.3) is 0 Å². The third kappa shape index (κ3) is 3.06. The van der Waals surface area contributed by atoms with E-state index in [4.69, 9.17) is 11.6 Å². The van der Waals surface area contributed by atoms with Gasteiger partial charge in [0.15, 0.2) is 0 Å². The second-order valence-corrected chi connectivity index (χ2v) is 4.99. The quantitative estimate of drug-likeness (QED) is 0.856. The number of nitrogens with one attached hydrogen (secondary N) is 1. The van der Waals surface area contributed by atoms with Crippen LogP contribution in [-0.2, 0) is 0 Å². The van der Waals surface area contributed by atoms with Crippen molar-refractivity contribution in [2.24, 2.45) is 11.8 Å². The van der Waals surface area contributed by atoms with Crippen LogP contribution in [0, 0.1) is 11.8 Å². The summed E-state index contributed by atoms with van der Waals surface area (Å²) in [5, 5.41) is 3.81. The van der Waals surface area contributed by atoms with Gasteiger partial charge in [-0.05, 0) is 24.7 Å². The SMILES string of the molecule is CC(C)CC1CC1Nc1cnc(Cl)cn1. The van der Waals surface area contributed by atoms with E-state index in [1.165, 1.54) is 12.8 Å². The van der Waals surface area contributed by atoms with Crippen LogP contribution in [-0.4, -0.2) is 16.0 Å². The molecule has 3 nitrogen and oxygen atoms in total. The Balaban J connectivity index is 1.82. The molecule has 0 saturated heterocycles. The molecule has 0 radical (unpaired) electrons. The van der Waals surface area contributed by atoms with Crippen molar-refractivity contribution >= 4 is 17.4 Å². The maximum absolute atomic E-state index is 5.66. The third-order valence-electron chi connectivity index (χ3n) is 2.65. The van der Waals surface area contributed by atoms with Crippen LogP contribution in [0.2, 0.25) is 5.15 Å². The third-order valence-corrected chi connectivity index (χ3v) is 2.85. The van der Waals surface area contributed by atoms with Crippen molar-refractivity contribution in [2.45, 2.75) is 32.7 Å². The number of hydrogen-bond acceptors (Lipinski definition) is 3. The fraction of sp³-hybridized carbons (Fsp3) is 0.636. The number of anilines is 1. The minimum atomic E-state index is 0.440. The van der Waals surface area contributed by atoms with Gasteiger partial charge in [0, 0.05) is 6.04 Å². The Labute approximate surface area is 95.3 Å². The Hall–Kier alpha value is -0.830. The molecule has 1 fully saturated rings. The van der Waals surface area contributed by atoms with Gasteiger partial charge in [-0.15, -0.1) is 0 Å². The highest BCUT2D eigenvalue weighted by atomic mass is 35.5. The summed E-state index contributed by atoms with van der Waals surface area (Å²) in [6, 6.07) is 0.586. The van der Waals surface area contributed by atoms with Gasteiger partial charge in [0.1, 0.15) is 11.0 Å². The van der Waals surface area contributed by atoms with E-state index in [2.05, 4.69) is 29.1 Å². The highest BCUT2D eigenvalue weighted by Gasteiger charge is 2.37. The fourth-order valence-electron chi connectivity index (χ4n) is 1.87. The molecular weight excluding hydrogens is 210 g/mol. The zero-order chi connectivity index (χ0) is 10.8. The van der Waals surface area contributed by atoms with Crippen LogP contribution in [0.15, 0.2) is 12.4 Å². The minimum absolute atomic E-state index is 0.440. The van der Waals surface area contributed by atoms with E-state index in [-0.39, 0.29) is 0 Å². The predicted octanol–water partition coefficient (Wildman–Crippen LogP) is 2.98. The van der Waals surface area contributed by atoms with Crippen molar-refractivity contribution in [1.29, 1.82) is 0 Å². The summed E-state index contributed by atoms with van der Waals surface area (Å²) in [6.07, 6.45) is 5.80. The first-order valence-electron chi connectivity index (χ1n) is 5.39. The van der Waals surface area contributed by atoms with Gasteiger partial charge in [0.05, 0.1) is 12.4 Å². The van der Waals surface area contributed by atoms with Gasteiger partial charge < -0.3 is 5.32 Å². The molecule has 4 heteroatoms. The summed E-state index contributed by atoms with van der Waals surface area (Å²) in [4.78, 5) is 8.15. The zero-order valence-electron chi connectivity index (χ0n) is 9.07. The number of nitrogens with zero attached hydrogens (tertiary/aromatic N) is 2. The number of rotatable bonds is 4. The fourth-order valence-corrected chi connectivity index (χ4v) is 1.96. The lowest BCUT2D eigenvalue weighted by molar-refractivity contribution is 0.534. The lowest BCUT2D eigenvalue weighted by Crippen LogP contribution is -2.07. The monoisotopic (exact) mass is 225 g/mol. The first kappa shape index (κ1) is 10.7. The average molecular weight is 226 g/mol. The Kier molecular flexibility index (Phi) is 3.10. The van der Waals surface area contributed by atoms with Gasteiger partial charge in [0.2, 0.25) is 0 Å². The van der Waals surface area contributed by atoms with Crippen LogP contribution in [0.25, 0.3) is 0 Å². The van der Waals surface area contributed by atoms with Gasteiger partial charge in [-0.3, -0.25) is 0 Å². The number of hydrogen-bond donors (Lipinski definition) is 1.